The highest BCUT2D eigenvalue weighted by molar-refractivity contribution is 7.97. The average Bonchev–Trinajstić information content (AvgIpc) is 2.93. The minimum Gasteiger partial charge on any atom is -0.495 e. The summed E-state index contributed by atoms with van der Waals surface area (Å²) in [5.41, 5.74) is 9.17. The first-order valence-electron chi connectivity index (χ1n) is 12.5. The summed E-state index contributed by atoms with van der Waals surface area (Å²) >= 11 is 1.20. The fraction of sp³-hybridized carbons (Fsp3) is 0.448. The SMILES string of the molecule is C=CCNc1cccc(C)c1CC(C)C#CCNc1ccc(SN)cc1OC.CC.CCC(F)(F)F.CN. The van der Waals surface area contributed by atoms with E-state index >= 15 is 0 Å². The quantitative estimate of drug-likeness (QED) is 0.147. The van der Waals surface area contributed by atoms with E-state index in [0.717, 1.165) is 41.9 Å². The van der Waals surface area contributed by atoms with Crippen LogP contribution in [0.1, 0.15) is 45.2 Å². The second-order valence-corrected chi connectivity index (χ2v) is 8.21. The van der Waals surface area contributed by atoms with Gasteiger partial charge in [0.1, 0.15) is 5.75 Å². The van der Waals surface area contributed by atoms with Crippen LogP contribution < -0.4 is 26.2 Å². The molecule has 0 saturated heterocycles. The van der Waals surface area contributed by atoms with Crippen molar-refractivity contribution in [2.75, 3.05) is 37.9 Å². The fourth-order valence-electron chi connectivity index (χ4n) is 2.93. The molecule has 0 radical (unpaired) electrons. The smallest absolute Gasteiger partial charge is 0.388 e. The summed E-state index contributed by atoms with van der Waals surface area (Å²) < 4.78 is 37.8. The number of nitrogens with two attached hydrogens (primary N) is 2. The predicted octanol–water partition coefficient (Wildman–Crippen LogP) is 7.42. The Morgan fingerprint density at radius 1 is 1.13 bits per heavy atom. The summed E-state index contributed by atoms with van der Waals surface area (Å²) in [6.45, 7) is 14.5. The Morgan fingerprint density at radius 2 is 1.76 bits per heavy atom. The van der Waals surface area contributed by atoms with Crippen LogP contribution in [0.25, 0.3) is 0 Å². The van der Waals surface area contributed by atoms with Crippen LogP contribution in [0.15, 0.2) is 53.9 Å². The van der Waals surface area contributed by atoms with Crippen LogP contribution >= 0.6 is 11.9 Å². The highest BCUT2D eigenvalue weighted by Crippen LogP contribution is 2.28. The first kappa shape index (κ1) is 37.4. The molecule has 0 amide bonds. The van der Waals surface area contributed by atoms with Gasteiger partial charge in [0.15, 0.2) is 0 Å². The Bertz CT molecular complexity index is 973. The molecule has 5 nitrogen and oxygen atoms in total. The molecule has 214 valence electrons. The Hall–Kier alpha value is -2.80. The molecular weight excluding hydrogens is 509 g/mol. The third-order valence-electron chi connectivity index (χ3n) is 4.78. The molecule has 0 aromatic heterocycles. The Labute approximate surface area is 232 Å². The van der Waals surface area contributed by atoms with E-state index < -0.39 is 12.6 Å². The van der Waals surface area contributed by atoms with Gasteiger partial charge < -0.3 is 21.1 Å². The highest BCUT2D eigenvalue weighted by Gasteiger charge is 2.22. The van der Waals surface area contributed by atoms with Crippen molar-refractivity contribution < 1.29 is 17.9 Å². The lowest BCUT2D eigenvalue weighted by atomic mass is 9.96. The zero-order chi connectivity index (χ0) is 29.6. The fourth-order valence-corrected chi connectivity index (χ4v) is 3.26. The van der Waals surface area contributed by atoms with Crippen molar-refractivity contribution in [1.29, 1.82) is 0 Å². The topological polar surface area (TPSA) is 85.3 Å². The molecule has 1 unspecified atom stereocenters. The van der Waals surface area contributed by atoms with Gasteiger partial charge in [0.05, 0.1) is 19.3 Å². The number of aryl methyl sites for hydroxylation is 1. The number of anilines is 2. The van der Waals surface area contributed by atoms with Crippen molar-refractivity contribution >= 4 is 23.3 Å². The third-order valence-corrected chi connectivity index (χ3v) is 5.31. The van der Waals surface area contributed by atoms with Gasteiger partial charge in [-0.3, -0.25) is 5.14 Å². The summed E-state index contributed by atoms with van der Waals surface area (Å²) in [5.74, 6) is 7.60. The maximum atomic E-state index is 10.8. The average molecular weight is 555 g/mol. The second-order valence-electron chi connectivity index (χ2n) is 7.50. The lowest BCUT2D eigenvalue weighted by Gasteiger charge is -2.15. The molecule has 0 aliphatic heterocycles. The number of benzene rings is 2. The van der Waals surface area contributed by atoms with E-state index in [0.29, 0.717) is 6.54 Å². The minimum atomic E-state index is -3.96. The zero-order valence-electron chi connectivity index (χ0n) is 23.8. The van der Waals surface area contributed by atoms with Gasteiger partial charge in [0.25, 0.3) is 0 Å². The maximum Gasteiger partial charge on any atom is 0.388 e. The van der Waals surface area contributed by atoms with Crippen LogP contribution in [0.3, 0.4) is 0 Å². The van der Waals surface area contributed by atoms with E-state index in [9.17, 15) is 13.2 Å². The van der Waals surface area contributed by atoms with Crippen LogP contribution in [0, 0.1) is 24.7 Å². The molecule has 2 aromatic carbocycles. The van der Waals surface area contributed by atoms with E-state index in [1.807, 2.05) is 38.1 Å². The van der Waals surface area contributed by atoms with Crippen molar-refractivity contribution in [3.8, 4) is 17.6 Å². The highest BCUT2D eigenvalue weighted by atomic mass is 32.2. The number of alkyl halides is 3. The molecule has 0 fully saturated rings. The van der Waals surface area contributed by atoms with Crippen LogP contribution in [0.2, 0.25) is 0 Å². The summed E-state index contributed by atoms with van der Waals surface area (Å²) in [5, 5.41) is 12.3. The first-order chi connectivity index (χ1) is 18.1. The molecule has 9 heteroatoms. The molecule has 0 saturated carbocycles. The third kappa shape index (κ3) is 16.1. The normalized spacial score (nSPS) is 10.4. The van der Waals surface area contributed by atoms with Gasteiger partial charge in [0, 0.05) is 29.5 Å². The molecule has 2 rings (SSSR count). The number of methoxy groups -OCH3 is 1. The maximum absolute atomic E-state index is 10.8. The van der Waals surface area contributed by atoms with E-state index in [1.165, 1.54) is 30.1 Å². The summed E-state index contributed by atoms with van der Waals surface area (Å²) in [4.78, 5) is 0.959. The van der Waals surface area contributed by atoms with Crippen LogP contribution in [-0.2, 0) is 6.42 Å². The molecule has 0 aliphatic rings. The van der Waals surface area contributed by atoms with Gasteiger partial charge in [0.2, 0.25) is 0 Å². The van der Waals surface area contributed by atoms with E-state index in [4.69, 9.17) is 9.88 Å². The molecule has 6 N–H and O–H groups in total. The molecule has 1 atom stereocenters. The number of nitrogens with one attached hydrogen (secondary N) is 2. The summed E-state index contributed by atoms with van der Waals surface area (Å²) in [6.07, 6.45) is -1.91. The Balaban J connectivity index is 0. The number of rotatable bonds is 9. The van der Waals surface area contributed by atoms with Crippen molar-refractivity contribution in [1.82, 2.24) is 0 Å². The Kier molecular flexibility index (Phi) is 21.8. The van der Waals surface area contributed by atoms with E-state index in [1.54, 1.807) is 7.11 Å². The lowest BCUT2D eigenvalue weighted by molar-refractivity contribution is -0.130. The van der Waals surface area contributed by atoms with Crippen molar-refractivity contribution in [2.24, 2.45) is 16.8 Å². The van der Waals surface area contributed by atoms with Gasteiger partial charge in [-0.2, -0.15) is 13.2 Å². The van der Waals surface area contributed by atoms with Crippen LogP contribution in [-0.4, -0.2) is 33.4 Å². The minimum absolute atomic E-state index is 0.255. The predicted molar refractivity (Wildman–Crippen MR) is 160 cm³/mol. The van der Waals surface area contributed by atoms with Crippen molar-refractivity contribution in [2.45, 2.75) is 58.5 Å². The molecule has 0 spiro atoms. The number of hydrogen-bond donors (Lipinski definition) is 4. The molecule has 0 aliphatic carbocycles. The first-order valence-corrected chi connectivity index (χ1v) is 13.4. The van der Waals surface area contributed by atoms with E-state index in [2.05, 4.69) is 66.8 Å². The van der Waals surface area contributed by atoms with Gasteiger partial charge in [-0.25, -0.2) is 0 Å². The van der Waals surface area contributed by atoms with Crippen LogP contribution in [0.4, 0.5) is 24.5 Å². The molecule has 38 heavy (non-hydrogen) atoms. The molecular formula is C29H45F3N4OS. The van der Waals surface area contributed by atoms with Gasteiger partial charge >= 0.3 is 6.18 Å². The van der Waals surface area contributed by atoms with E-state index in [-0.39, 0.29) is 5.92 Å². The molecule has 0 heterocycles. The standard InChI is InChI=1S/C23H29N3OS.C3H5F3.C2H6.CH5N/c1-5-13-25-21-10-6-9-18(3)20(21)15-17(2)8-7-14-26-22-12-11-19(28-24)16-23(22)27-4;1-2-3(4,5)6;2*1-2/h5-6,9-12,16-17,25-26H,1,13-15,24H2,2-4H3;2H2,1H3;1-2H3;2H2,1H3. The number of hydrogen-bond acceptors (Lipinski definition) is 6. The summed E-state index contributed by atoms with van der Waals surface area (Å²) in [6, 6.07) is 12.2. The number of ether oxygens (including phenoxy) is 1. The zero-order valence-corrected chi connectivity index (χ0v) is 24.6. The van der Waals surface area contributed by atoms with Crippen molar-refractivity contribution in [3.63, 3.8) is 0 Å². The van der Waals surface area contributed by atoms with Gasteiger partial charge in [-0.1, -0.05) is 57.7 Å². The van der Waals surface area contributed by atoms with Gasteiger partial charge in [-0.15, -0.1) is 6.58 Å². The van der Waals surface area contributed by atoms with Gasteiger partial charge in [-0.05, 0) is 67.7 Å². The second kappa shape index (κ2) is 22.2. The summed E-state index contributed by atoms with van der Waals surface area (Å²) in [7, 11) is 3.15. The lowest BCUT2D eigenvalue weighted by Crippen LogP contribution is -2.07. The molecule has 2 aromatic rings. The molecule has 0 bridgehead atoms. The Morgan fingerprint density at radius 3 is 2.29 bits per heavy atom. The van der Waals surface area contributed by atoms with Crippen molar-refractivity contribution in [3.05, 3.63) is 60.2 Å². The largest absolute Gasteiger partial charge is 0.495 e. The van der Waals surface area contributed by atoms with Crippen LogP contribution in [0.5, 0.6) is 5.75 Å². The monoisotopic (exact) mass is 554 g/mol. The number of halogens is 3.